The van der Waals surface area contributed by atoms with Gasteiger partial charge in [0.2, 0.25) is 18.3 Å². The molecule has 1 atom stereocenters. The zero-order valence-corrected chi connectivity index (χ0v) is 19.8. The van der Waals surface area contributed by atoms with Gasteiger partial charge < -0.3 is 40.4 Å². The van der Waals surface area contributed by atoms with Crippen LogP contribution in [0.1, 0.15) is 21.5 Å². The van der Waals surface area contributed by atoms with Crippen molar-refractivity contribution >= 4 is 21.7 Å². The van der Waals surface area contributed by atoms with Crippen molar-refractivity contribution in [3.63, 3.8) is 0 Å². The van der Waals surface area contributed by atoms with Gasteiger partial charge in [-0.3, -0.25) is 4.79 Å². The molecule has 0 N–H and O–H groups in total. The van der Waals surface area contributed by atoms with Crippen LogP contribution in [0.5, 0.6) is 23.0 Å². The summed E-state index contributed by atoms with van der Waals surface area (Å²) in [7, 11) is 5.38. The maximum absolute atomic E-state index is 12.9. The predicted molar refractivity (Wildman–Crippen MR) is 107 cm³/mol. The summed E-state index contributed by atoms with van der Waals surface area (Å²) in [5.74, 6) is 2.93. The van der Waals surface area contributed by atoms with Gasteiger partial charge >= 0.3 is 0 Å². The summed E-state index contributed by atoms with van der Waals surface area (Å²) < 4.78 is 23.7. The highest BCUT2D eigenvalue weighted by molar-refractivity contribution is 9.10. The molecule has 0 aromatic heterocycles. The van der Waals surface area contributed by atoms with E-state index >= 15 is 0 Å². The maximum Gasteiger partial charge on any atom is 0.231 e. The van der Waals surface area contributed by atoms with E-state index in [9.17, 15) is 4.79 Å². The molecule has 0 saturated heterocycles. The average Bonchev–Trinajstić information content (AvgIpc) is 3.18. The minimum absolute atomic E-state index is 0. The average molecular weight is 529 g/mol. The van der Waals surface area contributed by atoms with E-state index in [1.54, 1.807) is 14.2 Å². The van der Waals surface area contributed by atoms with Crippen molar-refractivity contribution in [2.45, 2.75) is 13.0 Å². The van der Waals surface area contributed by atoms with Crippen molar-refractivity contribution in [2.75, 3.05) is 41.1 Å². The Balaban J connectivity index is 0.00000240. The minimum Gasteiger partial charge on any atom is -1.00 e. The second-order valence-corrected chi connectivity index (χ2v) is 8.22. The lowest BCUT2D eigenvalue weighted by atomic mass is 9.95. The first kappa shape index (κ1) is 21.9. The third-order valence-electron chi connectivity index (χ3n) is 5.50. The van der Waals surface area contributed by atoms with Gasteiger partial charge in [0.1, 0.15) is 18.8 Å². The number of ketones is 1. The highest BCUT2D eigenvalue weighted by Gasteiger charge is 2.38. The minimum atomic E-state index is 0. The van der Waals surface area contributed by atoms with E-state index in [2.05, 4.69) is 23.0 Å². The third-order valence-corrected chi connectivity index (χ3v) is 6.34. The van der Waals surface area contributed by atoms with E-state index in [0.717, 1.165) is 28.8 Å². The quantitative estimate of drug-likeness (QED) is 0.420. The fraction of sp³-hybridized carbons (Fsp3) is 0.381. The summed E-state index contributed by atoms with van der Waals surface area (Å²) in [6.45, 7) is 2.15. The number of hydrogen-bond acceptors (Lipinski definition) is 5. The van der Waals surface area contributed by atoms with Crippen molar-refractivity contribution in [3.8, 4) is 23.0 Å². The molecule has 2 aliphatic heterocycles. The van der Waals surface area contributed by atoms with Gasteiger partial charge in [-0.05, 0) is 45.8 Å². The van der Waals surface area contributed by atoms with Crippen LogP contribution in [0, 0.1) is 0 Å². The number of rotatable bonds is 5. The second kappa shape index (κ2) is 8.53. The predicted octanol–water partition coefficient (Wildman–Crippen LogP) is 0.585. The van der Waals surface area contributed by atoms with Gasteiger partial charge in [0.05, 0.1) is 37.8 Å². The maximum atomic E-state index is 12.9. The van der Waals surface area contributed by atoms with Crippen LogP contribution in [-0.4, -0.2) is 51.4 Å². The van der Waals surface area contributed by atoms with E-state index in [1.807, 2.05) is 24.3 Å². The van der Waals surface area contributed by atoms with Gasteiger partial charge in [-0.15, -0.1) is 0 Å². The van der Waals surface area contributed by atoms with Gasteiger partial charge in [0.15, 0.2) is 11.5 Å². The van der Waals surface area contributed by atoms with Crippen LogP contribution in [0.25, 0.3) is 0 Å². The Kier molecular flexibility index (Phi) is 6.45. The number of Topliss-reactive ketones (excluding diaryl/α,β-unsaturated/α-hetero) is 1. The molecule has 0 bridgehead atoms. The monoisotopic (exact) mass is 527 g/mol. The summed E-state index contributed by atoms with van der Waals surface area (Å²) in [4.78, 5) is 12.9. The molecule has 0 spiro atoms. The fourth-order valence-corrected chi connectivity index (χ4v) is 4.72. The first-order valence-electron chi connectivity index (χ1n) is 9.13. The molecule has 29 heavy (non-hydrogen) atoms. The number of nitrogens with zero attached hydrogens (tertiary/aromatic N) is 1. The van der Waals surface area contributed by atoms with Crippen LogP contribution >= 0.6 is 15.9 Å². The number of likely N-dealkylation sites (N-methyl/N-ethyl adjacent to an activating group) is 1. The number of quaternary nitrogens is 1. The second-order valence-electron chi connectivity index (χ2n) is 7.43. The smallest absolute Gasteiger partial charge is 0.231 e. The highest BCUT2D eigenvalue weighted by Crippen LogP contribution is 2.52. The van der Waals surface area contributed by atoms with Crippen molar-refractivity contribution in [2.24, 2.45) is 0 Å². The normalized spacial score (nSPS) is 19.2. The molecule has 2 aromatic rings. The van der Waals surface area contributed by atoms with E-state index in [0.29, 0.717) is 40.4 Å². The van der Waals surface area contributed by atoms with Gasteiger partial charge in [0.25, 0.3) is 0 Å². The van der Waals surface area contributed by atoms with Crippen LogP contribution in [0.3, 0.4) is 0 Å². The van der Waals surface area contributed by atoms with E-state index in [1.165, 1.54) is 5.56 Å². The van der Waals surface area contributed by atoms with Crippen molar-refractivity contribution < 1.29 is 45.2 Å². The topological polar surface area (TPSA) is 54.0 Å². The number of ether oxygens (including phenoxy) is 4. The fourth-order valence-electron chi connectivity index (χ4n) is 3.99. The number of fused-ring (bicyclic) bond motifs is 2. The number of carbonyl (C=O) groups is 1. The first-order chi connectivity index (χ1) is 13.5. The van der Waals surface area contributed by atoms with Crippen molar-refractivity contribution in [3.05, 3.63) is 45.4 Å². The van der Waals surface area contributed by atoms with E-state index in [4.69, 9.17) is 18.9 Å². The van der Waals surface area contributed by atoms with Gasteiger partial charge in [0, 0.05) is 12.0 Å². The molecule has 1 unspecified atom stereocenters. The summed E-state index contributed by atoms with van der Waals surface area (Å²) in [5.41, 5.74) is 2.95. The Labute approximate surface area is 189 Å². The number of hydrogen-bond donors (Lipinski definition) is 0. The number of carbonyl (C=O) groups excluding carboxylic acids is 1. The molecule has 0 radical (unpaired) electrons. The molecule has 4 rings (SSSR count). The molecule has 0 fully saturated rings. The van der Waals surface area contributed by atoms with Gasteiger partial charge in [-0.25, -0.2) is 0 Å². The zero-order chi connectivity index (χ0) is 19.9. The zero-order valence-electron chi connectivity index (χ0n) is 16.6. The molecule has 2 aliphatic rings. The molecule has 8 heteroatoms. The number of halogens is 2. The first-order valence-corrected chi connectivity index (χ1v) is 9.92. The molecule has 6 nitrogen and oxygen atoms in total. The lowest BCUT2D eigenvalue weighted by molar-refractivity contribution is -0.916. The Bertz CT molecular complexity index is 932. The number of methoxy groups -OCH3 is 2. The van der Waals surface area contributed by atoms with Gasteiger partial charge in [-0.2, -0.15) is 0 Å². The van der Waals surface area contributed by atoms with Crippen molar-refractivity contribution in [1.82, 2.24) is 0 Å². The Morgan fingerprint density at radius 1 is 1.10 bits per heavy atom. The largest absolute Gasteiger partial charge is 1.00 e. The Morgan fingerprint density at radius 3 is 2.45 bits per heavy atom. The summed E-state index contributed by atoms with van der Waals surface area (Å²) in [6.07, 6.45) is 0.829. The molecule has 0 saturated carbocycles. The van der Waals surface area contributed by atoms with Crippen LogP contribution in [-0.2, 0) is 13.0 Å². The number of benzene rings is 2. The van der Waals surface area contributed by atoms with Crippen LogP contribution in [0.15, 0.2) is 28.7 Å². The summed E-state index contributed by atoms with van der Waals surface area (Å²) >= 11 is 3.67. The molecule has 2 heterocycles. The van der Waals surface area contributed by atoms with Crippen LogP contribution < -0.4 is 35.9 Å². The third kappa shape index (κ3) is 3.98. The van der Waals surface area contributed by atoms with Gasteiger partial charge in [-0.1, -0.05) is 0 Å². The molecule has 0 amide bonds. The lowest BCUT2D eigenvalue weighted by Crippen LogP contribution is -3.00. The molecule has 156 valence electrons. The SMILES string of the molecule is COc1ccc(C(=O)C[N+]2(C)CCc3c(Br)c4c(c(OC)c3C2)OCO4)cc1.[Br-]. The van der Waals surface area contributed by atoms with Crippen molar-refractivity contribution in [1.29, 1.82) is 0 Å². The highest BCUT2D eigenvalue weighted by atomic mass is 79.9. The summed E-state index contributed by atoms with van der Waals surface area (Å²) in [5, 5.41) is 0. The van der Waals surface area contributed by atoms with Crippen LogP contribution in [0.2, 0.25) is 0 Å². The molecular weight excluding hydrogens is 506 g/mol. The van der Waals surface area contributed by atoms with E-state index < -0.39 is 0 Å². The Hall–Kier alpha value is -1.77. The summed E-state index contributed by atoms with van der Waals surface area (Å²) in [6, 6.07) is 7.28. The lowest BCUT2D eigenvalue weighted by Gasteiger charge is -2.39. The standard InChI is InChI=1S/C21H23BrNO5.BrH/c1-23(11-17(24)13-4-6-14(25-2)7-5-13)9-8-15-16(10-23)19(26-3)21-20(18(15)22)27-12-28-21;/h4-7H,8-12H2,1-3H3;1H/q+1;/p-1. The Morgan fingerprint density at radius 2 is 1.79 bits per heavy atom. The molecular formula is C21H23Br2NO5. The van der Waals surface area contributed by atoms with Crippen LogP contribution in [0.4, 0.5) is 0 Å². The molecule has 2 aromatic carbocycles. The van der Waals surface area contributed by atoms with E-state index in [-0.39, 0.29) is 29.6 Å². The molecule has 0 aliphatic carbocycles.